The lowest BCUT2D eigenvalue weighted by Gasteiger charge is -2.18. The third kappa shape index (κ3) is 53.2. The second kappa shape index (κ2) is 54.9. The third-order valence-corrected chi connectivity index (χ3v) is 11.6. The molecule has 0 saturated carbocycles. The van der Waals surface area contributed by atoms with Crippen LogP contribution in [-0.2, 0) is 28.6 Å². The molecular formula is C61H102O6. The number of hydrogen-bond donors (Lipinski definition) is 0. The van der Waals surface area contributed by atoms with Crippen molar-refractivity contribution in [2.75, 3.05) is 13.2 Å². The van der Waals surface area contributed by atoms with E-state index in [2.05, 4.69) is 118 Å². The van der Waals surface area contributed by atoms with Gasteiger partial charge in [-0.05, 0) is 83.5 Å². The van der Waals surface area contributed by atoms with Gasteiger partial charge in [-0.1, -0.05) is 246 Å². The van der Waals surface area contributed by atoms with E-state index in [1.807, 2.05) is 0 Å². The molecule has 0 heterocycles. The van der Waals surface area contributed by atoms with Gasteiger partial charge >= 0.3 is 17.9 Å². The predicted octanol–water partition coefficient (Wildman–Crippen LogP) is 18.5. The zero-order chi connectivity index (χ0) is 48.6. The molecule has 0 fully saturated rings. The number of rotatable bonds is 49. The van der Waals surface area contributed by atoms with E-state index in [4.69, 9.17) is 14.2 Å². The molecule has 1 atom stereocenters. The fourth-order valence-corrected chi connectivity index (χ4v) is 7.46. The average Bonchev–Trinajstić information content (AvgIpc) is 3.33. The fraction of sp³-hybridized carbons (Fsp3) is 0.689. The lowest BCUT2D eigenvalue weighted by molar-refractivity contribution is -0.167. The van der Waals surface area contributed by atoms with Gasteiger partial charge < -0.3 is 14.2 Å². The lowest BCUT2D eigenvalue weighted by Crippen LogP contribution is -2.30. The Balaban J connectivity index is 4.05. The quantitative estimate of drug-likeness (QED) is 0.0262. The van der Waals surface area contributed by atoms with E-state index < -0.39 is 6.10 Å². The van der Waals surface area contributed by atoms with Crippen molar-refractivity contribution >= 4 is 17.9 Å². The average molecular weight is 931 g/mol. The first kappa shape index (κ1) is 63.3. The van der Waals surface area contributed by atoms with Crippen molar-refractivity contribution in [1.82, 2.24) is 0 Å². The van der Waals surface area contributed by atoms with Gasteiger partial charge in [-0.25, -0.2) is 0 Å². The maximum absolute atomic E-state index is 12.7. The van der Waals surface area contributed by atoms with Crippen LogP contribution in [0.4, 0.5) is 0 Å². The molecule has 0 saturated heterocycles. The molecule has 0 aliphatic rings. The highest BCUT2D eigenvalue weighted by Gasteiger charge is 2.19. The summed E-state index contributed by atoms with van der Waals surface area (Å²) in [6, 6.07) is 0. The van der Waals surface area contributed by atoms with Gasteiger partial charge in [0.15, 0.2) is 6.10 Å². The largest absolute Gasteiger partial charge is 0.462 e. The first-order valence-electron chi connectivity index (χ1n) is 27.7. The number of hydrogen-bond acceptors (Lipinski definition) is 6. The van der Waals surface area contributed by atoms with Crippen LogP contribution >= 0.6 is 0 Å². The van der Waals surface area contributed by atoms with Crippen LogP contribution in [0.25, 0.3) is 0 Å². The molecule has 6 nitrogen and oxygen atoms in total. The van der Waals surface area contributed by atoms with Crippen molar-refractivity contribution in [3.05, 3.63) is 97.2 Å². The van der Waals surface area contributed by atoms with Crippen molar-refractivity contribution in [2.45, 2.75) is 258 Å². The summed E-state index contributed by atoms with van der Waals surface area (Å²) in [5.41, 5.74) is 0. The minimum Gasteiger partial charge on any atom is -0.462 e. The Morgan fingerprint density at radius 3 is 0.910 bits per heavy atom. The molecule has 1 unspecified atom stereocenters. The van der Waals surface area contributed by atoms with E-state index in [9.17, 15) is 14.4 Å². The Kier molecular flexibility index (Phi) is 51.9. The molecular weight excluding hydrogens is 829 g/mol. The topological polar surface area (TPSA) is 78.9 Å². The van der Waals surface area contributed by atoms with Crippen LogP contribution in [-0.4, -0.2) is 37.2 Å². The van der Waals surface area contributed by atoms with Gasteiger partial charge in [0, 0.05) is 19.3 Å². The summed E-state index contributed by atoms with van der Waals surface area (Å²) in [5.74, 6) is -0.896. The van der Waals surface area contributed by atoms with Crippen LogP contribution in [0.15, 0.2) is 97.2 Å². The fourth-order valence-electron chi connectivity index (χ4n) is 7.46. The predicted molar refractivity (Wildman–Crippen MR) is 288 cm³/mol. The second-order valence-electron chi connectivity index (χ2n) is 18.1. The van der Waals surface area contributed by atoms with Crippen molar-refractivity contribution in [1.29, 1.82) is 0 Å². The summed E-state index contributed by atoms with van der Waals surface area (Å²) in [5, 5.41) is 0. The van der Waals surface area contributed by atoms with E-state index >= 15 is 0 Å². The number of carbonyl (C=O) groups is 3. The van der Waals surface area contributed by atoms with E-state index in [1.165, 1.54) is 96.3 Å². The molecule has 0 bridgehead atoms. The van der Waals surface area contributed by atoms with E-state index in [0.29, 0.717) is 19.3 Å². The number of esters is 3. The smallest absolute Gasteiger partial charge is 0.306 e. The molecule has 382 valence electrons. The van der Waals surface area contributed by atoms with Crippen LogP contribution in [0.1, 0.15) is 252 Å². The molecule has 0 aromatic rings. The minimum atomic E-state index is -0.773. The Morgan fingerprint density at radius 2 is 0.582 bits per heavy atom. The molecule has 67 heavy (non-hydrogen) atoms. The summed E-state index contributed by atoms with van der Waals surface area (Å²) in [4.78, 5) is 37.7. The minimum absolute atomic E-state index is 0.0773. The Labute approximate surface area is 413 Å². The maximum Gasteiger partial charge on any atom is 0.306 e. The van der Waals surface area contributed by atoms with Gasteiger partial charge in [-0.3, -0.25) is 14.4 Å². The zero-order valence-corrected chi connectivity index (χ0v) is 43.6. The van der Waals surface area contributed by atoms with E-state index in [-0.39, 0.29) is 31.1 Å². The summed E-state index contributed by atoms with van der Waals surface area (Å²) < 4.78 is 16.7. The zero-order valence-electron chi connectivity index (χ0n) is 43.6. The van der Waals surface area contributed by atoms with Crippen LogP contribution in [0.3, 0.4) is 0 Å². The normalized spacial score (nSPS) is 12.8. The number of unbranched alkanes of at least 4 members (excludes halogenated alkanes) is 22. The monoisotopic (exact) mass is 931 g/mol. The van der Waals surface area contributed by atoms with Gasteiger partial charge in [0.2, 0.25) is 0 Å². The summed E-state index contributed by atoms with van der Waals surface area (Å²) >= 11 is 0. The van der Waals surface area contributed by atoms with Gasteiger partial charge in [0.05, 0.1) is 0 Å². The van der Waals surface area contributed by atoms with Crippen molar-refractivity contribution < 1.29 is 28.6 Å². The van der Waals surface area contributed by atoms with E-state index in [1.54, 1.807) is 0 Å². The molecule has 0 aromatic heterocycles. The second-order valence-corrected chi connectivity index (χ2v) is 18.1. The highest BCUT2D eigenvalue weighted by molar-refractivity contribution is 5.71. The molecule has 0 rings (SSSR count). The number of carbonyl (C=O) groups excluding carboxylic acids is 3. The Hall–Kier alpha value is -3.67. The highest BCUT2D eigenvalue weighted by Crippen LogP contribution is 2.14. The van der Waals surface area contributed by atoms with E-state index in [0.717, 1.165) is 116 Å². The lowest BCUT2D eigenvalue weighted by atomic mass is 10.1. The molecule has 0 aliphatic heterocycles. The van der Waals surface area contributed by atoms with Gasteiger partial charge in [0.25, 0.3) is 0 Å². The van der Waals surface area contributed by atoms with Crippen LogP contribution in [0.2, 0.25) is 0 Å². The number of ether oxygens (including phenoxy) is 3. The molecule has 0 radical (unpaired) electrons. The van der Waals surface area contributed by atoms with Crippen LogP contribution < -0.4 is 0 Å². The van der Waals surface area contributed by atoms with Gasteiger partial charge in [-0.15, -0.1) is 0 Å². The molecule has 0 spiro atoms. The van der Waals surface area contributed by atoms with Crippen LogP contribution in [0, 0.1) is 0 Å². The van der Waals surface area contributed by atoms with Crippen molar-refractivity contribution in [3.63, 3.8) is 0 Å². The van der Waals surface area contributed by atoms with Crippen LogP contribution in [0.5, 0.6) is 0 Å². The molecule has 0 aromatic carbocycles. The Morgan fingerprint density at radius 1 is 0.313 bits per heavy atom. The molecule has 0 amide bonds. The van der Waals surface area contributed by atoms with Gasteiger partial charge in [0.1, 0.15) is 13.2 Å². The summed E-state index contributed by atoms with van der Waals surface area (Å²) in [6.45, 7) is 6.45. The highest BCUT2D eigenvalue weighted by atomic mass is 16.6. The summed E-state index contributed by atoms with van der Waals surface area (Å²) in [7, 11) is 0. The third-order valence-electron chi connectivity index (χ3n) is 11.6. The molecule has 0 aliphatic carbocycles. The Bertz CT molecular complexity index is 1350. The van der Waals surface area contributed by atoms with Crippen molar-refractivity contribution in [3.8, 4) is 0 Å². The summed E-state index contributed by atoms with van der Waals surface area (Å²) in [6.07, 6.45) is 72.9. The number of allylic oxidation sites excluding steroid dienone is 16. The van der Waals surface area contributed by atoms with Crippen molar-refractivity contribution in [2.24, 2.45) is 0 Å². The molecule has 6 heteroatoms. The maximum atomic E-state index is 12.7. The van der Waals surface area contributed by atoms with Gasteiger partial charge in [-0.2, -0.15) is 0 Å². The SMILES string of the molecule is CC/C=C\C/C=C\C/C=C\C/C=C\C/C=C\C/C=C\C/C=C\C/C=C\CCCCCCCCCCC(=O)OCC(COC(=O)CCCCCCCCC)OC(=O)CCCCCCCCCCC. The standard InChI is InChI=1S/C61H102O6/c1-4-7-10-13-16-18-19-20-21-22-23-24-25-26-27-28-29-30-31-32-33-34-35-36-37-38-39-40-41-43-45-48-51-54-60(63)66-57-58(56-65-59(62)53-50-47-44-15-12-9-6-3)67-61(64)55-52-49-46-42-17-14-11-8-5-2/h7,10,16,18,20-21,23-24,26-27,29-30,32-33,35-36,58H,4-6,8-9,11-15,17,19,22,25,28,31,34,37-57H2,1-3H3/b10-7-,18-16-,21-20-,24-23-,27-26-,30-29-,33-32-,36-35-. The first-order valence-corrected chi connectivity index (χ1v) is 27.7. The molecule has 0 N–H and O–H groups in total. The first-order chi connectivity index (χ1) is 33.0.